The van der Waals surface area contributed by atoms with Crippen LogP contribution in [-0.4, -0.2) is 12.1 Å². The number of benzene rings is 2. The van der Waals surface area contributed by atoms with E-state index >= 15 is 0 Å². The fourth-order valence-electron chi connectivity index (χ4n) is 4.11. The monoisotopic (exact) mass is 322 g/mol. The van der Waals surface area contributed by atoms with Gasteiger partial charge in [0.1, 0.15) is 18.5 Å². The number of hydrogen-bond acceptors (Lipinski definition) is 3. The van der Waals surface area contributed by atoms with E-state index in [2.05, 4.69) is 24.3 Å². The van der Waals surface area contributed by atoms with Crippen LogP contribution in [-0.2, 0) is 21.6 Å². The van der Waals surface area contributed by atoms with Gasteiger partial charge in [0.25, 0.3) is 0 Å². The zero-order chi connectivity index (χ0) is 16.4. The summed E-state index contributed by atoms with van der Waals surface area (Å²) in [5, 5.41) is 0. The van der Waals surface area contributed by atoms with Crippen molar-refractivity contribution in [2.45, 2.75) is 50.2 Å². The number of esters is 1. The third-order valence-electron chi connectivity index (χ3n) is 5.35. The maximum absolute atomic E-state index is 11.9. The largest absolute Gasteiger partial charge is 0.489 e. The summed E-state index contributed by atoms with van der Waals surface area (Å²) in [5.41, 5.74) is 2.18. The first-order valence-electron chi connectivity index (χ1n) is 8.73. The molecule has 0 N–H and O–H groups in total. The number of ether oxygens (including phenoxy) is 2. The van der Waals surface area contributed by atoms with E-state index in [1.54, 1.807) is 0 Å². The predicted molar refractivity (Wildman–Crippen MR) is 91.9 cm³/mol. The molecule has 3 nitrogen and oxygen atoms in total. The van der Waals surface area contributed by atoms with Gasteiger partial charge < -0.3 is 9.47 Å². The molecule has 3 heteroatoms. The molecular weight excluding hydrogens is 300 g/mol. The molecule has 2 aromatic rings. The summed E-state index contributed by atoms with van der Waals surface area (Å²) in [7, 11) is 0. The average Bonchev–Trinajstić information content (AvgIpc) is 2.98. The number of carbonyl (C=O) groups is 1. The molecule has 2 atom stereocenters. The highest BCUT2D eigenvalue weighted by Crippen LogP contribution is 2.48. The molecule has 1 saturated heterocycles. The van der Waals surface area contributed by atoms with Gasteiger partial charge in [-0.15, -0.1) is 0 Å². The number of fused-ring (bicyclic) bond motifs is 1. The lowest BCUT2D eigenvalue weighted by atomic mass is 9.67. The minimum atomic E-state index is -0.151. The molecule has 0 unspecified atom stereocenters. The van der Waals surface area contributed by atoms with Crippen LogP contribution in [0.3, 0.4) is 0 Å². The van der Waals surface area contributed by atoms with Crippen molar-refractivity contribution in [2.75, 3.05) is 0 Å². The van der Waals surface area contributed by atoms with Gasteiger partial charge in [0.2, 0.25) is 0 Å². The van der Waals surface area contributed by atoms with E-state index in [0.29, 0.717) is 13.0 Å². The molecule has 1 saturated carbocycles. The molecule has 0 radical (unpaired) electrons. The molecule has 0 amide bonds. The highest BCUT2D eigenvalue weighted by molar-refractivity contribution is 5.75. The van der Waals surface area contributed by atoms with Crippen LogP contribution in [0, 0.1) is 0 Å². The molecule has 0 aromatic heterocycles. The lowest BCUT2D eigenvalue weighted by molar-refractivity contribution is -0.142. The Balaban J connectivity index is 1.57. The topological polar surface area (TPSA) is 35.5 Å². The number of carbonyl (C=O) groups excluding carboxylic acids is 1. The number of hydrogen-bond donors (Lipinski definition) is 0. The van der Waals surface area contributed by atoms with Crippen LogP contribution in [0.4, 0.5) is 0 Å². The summed E-state index contributed by atoms with van der Waals surface area (Å²) in [4.78, 5) is 11.9. The van der Waals surface area contributed by atoms with Crippen molar-refractivity contribution in [3.05, 3.63) is 65.7 Å². The van der Waals surface area contributed by atoms with E-state index in [1.807, 2.05) is 30.3 Å². The SMILES string of the molecule is O=C1C[C@]2(c3cccc(OCc4ccccc4)c3)CCCC[C@H]2O1. The van der Waals surface area contributed by atoms with E-state index in [1.165, 1.54) is 5.56 Å². The second-order valence-electron chi connectivity index (χ2n) is 6.86. The minimum Gasteiger partial charge on any atom is -0.489 e. The lowest BCUT2D eigenvalue weighted by Crippen LogP contribution is -2.38. The first kappa shape index (κ1) is 15.3. The minimum absolute atomic E-state index is 0.0307. The summed E-state index contributed by atoms with van der Waals surface area (Å²) in [6.07, 6.45) is 4.82. The fourth-order valence-corrected chi connectivity index (χ4v) is 4.11. The van der Waals surface area contributed by atoms with Crippen LogP contribution < -0.4 is 4.74 Å². The summed E-state index contributed by atoms with van der Waals surface area (Å²) in [5.74, 6) is 0.798. The van der Waals surface area contributed by atoms with Gasteiger partial charge in [0.05, 0.1) is 6.42 Å². The molecule has 124 valence electrons. The molecule has 4 rings (SSSR count). The Bertz CT molecular complexity index is 725. The molecule has 1 aliphatic heterocycles. The van der Waals surface area contributed by atoms with Crippen molar-refractivity contribution >= 4 is 5.97 Å². The Morgan fingerprint density at radius 1 is 1.08 bits per heavy atom. The fraction of sp³-hybridized carbons (Fsp3) is 0.381. The molecule has 2 fully saturated rings. The smallest absolute Gasteiger partial charge is 0.307 e. The van der Waals surface area contributed by atoms with Crippen molar-refractivity contribution in [2.24, 2.45) is 0 Å². The molecule has 2 aliphatic rings. The van der Waals surface area contributed by atoms with Crippen molar-refractivity contribution in [1.82, 2.24) is 0 Å². The van der Waals surface area contributed by atoms with Crippen LogP contribution in [0.15, 0.2) is 54.6 Å². The van der Waals surface area contributed by atoms with Crippen LogP contribution in [0.25, 0.3) is 0 Å². The Morgan fingerprint density at radius 3 is 2.83 bits per heavy atom. The second kappa shape index (κ2) is 6.31. The van der Waals surface area contributed by atoms with Gasteiger partial charge in [-0.05, 0) is 42.5 Å². The summed E-state index contributed by atoms with van der Waals surface area (Å²) in [6, 6.07) is 18.4. The molecule has 0 spiro atoms. The quantitative estimate of drug-likeness (QED) is 0.783. The first-order chi connectivity index (χ1) is 11.8. The van der Waals surface area contributed by atoms with E-state index < -0.39 is 0 Å². The van der Waals surface area contributed by atoms with E-state index in [4.69, 9.17) is 9.47 Å². The summed E-state index contributed by atoms with van der Waals surface area (Å²) in [6.45, 7) is 0.552. The van der Waals surface area contributed by atoms with Crippen LogP contribution in [0.2, 0.25) is 0 Å². The predicted octanol–water partition coefficient (Wildman–Crippen LogP) is 4.39. The van der Waals surface area contributed by atoms with Crippen molar-refractivity contribution < 1.29 is 14.3 Å². The van der Waals surface area contributed by atoms with E-state index in [0.717, 1.165) is 37.0 Å². The third-order valence-corrected chi connectivity index (χ3v) is 5.35. The maximum atomic E-state index is 11.9. The van der Waals surface area contributed by atoms with Gasteiger partial charge in [-0.1, -0.05) is 48.9 Å². The summed E-state index contributed by atoms with van der Waals surface area (Å²) >= 11 is 0. The van der Waals surface area contributed by atoms with E-state index in [-0.39, 0.29) is 17.5 Å². The molecule has 2 aromatic carbocycles. The lowest BCUT2D eigenvalue weighted by Gasteiger charge is -2.37. The Hall–Kier alpha value is -2.29. The highest BCUT2D eigenvalue weighted by Gasteiger charge is 2.51. The first-order valence-corrected chi connectivity index (χ1v) is 8.73. The van der Waals surface area contributed by atoms with Gasteiger partial charge in [0.15, 0.2) is 0 Å². The van der Waals surface area contributed by atoms with Gasteiger partial charge in [-0.3, -0.25) is 4.79 Å². The van der Waals surface area contributed by atoms with Gasteiger partial charge in [-0.2, -0.15) is 0 Å². The van der Waals surface area contributed by atoms with Gasteiger partial charge >= 0.3 is 5.97 Å². The van der Waals surface area contributed by atoms with Crippen molar-refractivity contribution in [3.8, 4) is 5.75 Å². The highest BCUT2D eigenvalue weighted by atomic mass is 16.6. The van der Waals surface area contributed by atoms with Crippen LogP contribution >= 0.6 is 0 Å². The zero-order valence-electron chi connectivity index (χ0n) is 13.7. The molecule has 0 bridgehead atoms. The molecule has 1 heterocycles. The second-order valence-corrected chi connectivity index (χ2v) is 6.86. The molecule has 24 heavy (non-hydrogen) atoms. The number of rotatable bonds is 4. The Labute approximate surface area is 142 Å². The molecular formula is C21H22O3. The molecule has 1 aliphatic carbocycles. The third kappa shape index (κ3) is 2.79. The van der Waals surface area contributed by atoms with Gasteiger partial charge in [-0.25, -0.2) is 0 Å². The van der Waals surface area contributed by atoms with Crippen molar-refractivity contribution in [3.63, 3.8) is 0 Å². The Kier molecular flexibility index (Phi) is 4.01. The normalized spacial score (nSPS) is 25.8. The van der Waals surface area contributed by atoms with Crippen LogP contribution in [0.5, 0.6) is 5.75 Å². The van der Waals surface area contributed by atoms with Crippen molar-refractivity contribution in [1.29, 1.82) is 0 Å². The Morgan fingerprint density at radius 2 is 1.96 bits per heavy atom. The van der Waals surface area contributed by atoms with E-state index in [9.17, 15) is 4.79 Å². The van der Waals surface area contributed by atoms with Gasteiger partial charge in [0, 0.05) is 5.41 Å². The average molecular weight is 322 g/mol. The maximum Gasteiger partial charge on any atom is 0.307 e. The van der Waals surface area contributed by atoms with Crippen LogP contribution in [0.1, 0.15) is 43.2 Å². The zero-order valence-corrected chi connectivity index (χ0v) is 13.7. The standard InChI is InChI=1S/C21H22O3/c22-20-14-21(12-5-4-11-19(21)24-20)17-9-6-10-18(13-17)23-15-16-7-2-1-3-8-16/h1-3,6-10,13,19H,4-5,11-12,14-15H2/t19-,21+/m1/s1. The summed E-state index contributed by atoms with van der Waals surface area (Å²) < 4.78 is 11.6.